The van der Waals surface area contributed by atoms with Gasteiger partial charge in [-0.05, 0) is 75.1 Å². The Hall–Kier alpha value is -4.45. The number of pyridine rings is 1. The van der Waals surface area contributed by atoms with E-state index in [1.54, 1.807) is 19.2 Å². The van der Waals surface area contributed by atoms with Crippen molar-refractivity contribution in [3.8, 4) is 39.7 Å². The molecule has 5 aromatic rings. The van der Waals surface area contributed by atoms with Crippen molar-refractivity contribution in [1.82, 2.24) is 19.7 Å². The second-order valence-corrected chi connectivity index (χ2v) is 12.8. The molecule has 216 valence electrons. The Balaban J connectivity index is 1.48. The summed E-state index contributed by atoms with van der Waals surface area (Å²) in [5, 5.41) is 3.84. The van der Waals surface area contributed by atoms with E-state index >= 15 is 0 Å². The molecule has 6 rings (SSSR count). The Bertz CT molecular complexity index is 1980. The first-order valence-electron chi connectivity index (χ1n) is 13.3. The van der Waals surface area contributed by atoms with Gasteiger partial charge in [0.05, 0.1) is 22.8 Å². The Kier molecular flexibility index (Phi) is 6.88. The van der Waals surface area contributed by atoms with E-state index in [0.717, 1.165) is 23.3 Å². The first kappa shape index (κ1) is 27.7. The molecule has 42 heavy (non-hydrogen) atoms. The van der Waals surface area contributed by atoms with Crippen molar-refractivity contribution < 1.29 is 26.1 Å². The van der Waals surface area contributed by atoms with E-state index < -0.39 is 21.5 Å². The summed E-state index contributed by atoms with van der Waals surface area (Å²) in [5.41, 5.74) is 3.30. The number of hydrogen-bond acceptors (Lipinski definition) is 8. The summed E-state index contributed by atoms with van der Waals surface area (Å²) >= 11 is 0. The highest BCUT2D eigenvalue weighted by Crippen LogP contribution is 2.39. The van der Waals surface area contributed by atoms with Crippen molar-refractivity contribution >= 4 is 9.84 Å². The normalized spacial score (nSPS) is 15.3. The Morgan fingerprint density at radius 3 is 2.29 bits per heavy atom. The van der Waals surface area contributed by atoms with Crippen LogP contribution in [0.25, 0.3) is 39.7 Å². The molecule has 9 nitrogen and oxygen atoms in total. The molecule has 0 aliphatic carbocycles. The third-order valence-electron chi connectivity index (χ3n) is 7.41. The first-order valence-corrected chi connectivity index (χ1v) is 15.1. The average Bonchev–Trinajstić information content (AvgIpc) is 3.56. The molecule has 0 N–H and O–H groups in total. The minimum atomic E-state index is -3.13. The lowest BCUT2D eigenvalue weighted by Crippen LogP contribution is -2.22. The predicted octanol–water partition coefficient (Wildman–Crippen LogP) is 5.71. The topological polar surface area (TPSA) is 121 Å². The largest absolute Gasteiger partial charge is 0.440 e. The summed E-state index contributed by atoms with van der Waals surface area (Å²) in [4.78, 5) is 22.1. The fraction of sp³-hybridized carbons (Fsp3) is 0.267. The maximum Gasteiger partial charge on any atom is 0.257 e. The lowest BCUT2D eigenvalue weighted by molar-refractivity contribution is 0.425. The van der Waals surface area contributed by atoms with Crippen LogP contribution in [0.3, 0.4) is 0 Å². The van der Waals surface area contributed by atoms with Crippen molar-refractivity contribution in [3.63, 3.8) is 0 Å². The predicted molar refractivity (Wildman–Crippen MR) is 151 cm³/mol. The minimum absolute atomic E-state index is 0.00178. The van der Waals surface area contributed by atoms with E-state index in [1.807, 2.05) is 26.0 Å². The van der Waals surface area contributed by atoms with Crippen LogP contribution in [0.2, 0.25) is 0 Å². The summed E-state index contributed by atoms with van der Waals surface area (Å²) in [6, 6.07) is 9.79. The molecule has 0 saturated carbocycles. The molecule has 0 spiro atoms. The molecule has 1 saturated heterocycles. The number of sulfone groups is 1. The second kappa shape index (κ2) is 10.4. The Morgan fingerprint density at radius 1 is 0.929 bits per heavy atom. The fourth-order valence-electron chi connectivity index (χ4n) is 5.38. The summed E-state index contributed by atoms with van der Waals surface area (Å²) < 4.78 is 65.6. The standard InChI is InChI=1S/C30H26F2N4O5S/c1-16-12-21(30-33-18(3)35-41-30)13-17(2)27(16)36-15-20(4-7-25(36)37)26-28(23-6-5-22(31)14-24(23)32)40-29(34-26)19-8-10-42(38,39)11-9-19/h4-7,12-15,19H,8-11H2,1-3H3. The van der Waals surface area contributed by atoms with Crippen LogP contribution in [-0.4, -0.2) is 39.6 Å². The van der Waals surface area contributed by atoms with Crippen LogP contribution >= 0.6 is 0 Å². The van der Waals surface area contributed by atoms with Gasteiger partial charge < -0.3 is 8.94 Å². The maximum absolute atomic E-state index is 15.0. The second-order valence-electron chi connectivity index (χ2n) is 10.5. The molecule has 0 bridgehead atoms. The Morgan fingerprint density at radius 2 is 1.64 bits per heavy atom. The van der Waals surface area contributed by atoms with E-state index in [4.69, 9.17) is 13.9 Å². The van der Waals surface area contributed by atoms with Crippen LogP contribution in [0.1, 0.15) is 41.6 Å². The Labute approximate surface area is 239 Å². The van der Waals surface area contributed by atoms with Crippen LogP contribution in [0.15, 0.2) is 62.4 Å². The van der Waals surface area contributed by atoms with E-state index in [2.05, 4.69) is 10.1 Å². The molecule has 2 aromatic carbocycles. The lowest BCUT2D eigenvalue weighted by Gasteiger charge is -2.18. The molecule has 0 atom stereocenters. The molecule has 4 heterocycles. The summed E-state index contributed by atoms with van der Waals surface area (Å²) in [6.45, 7) is 5.45. The van der Waals surface area contributed by atoms with E-state index in [-0.39, 0.29) is 45.9 Å². The number of halogens is 2. The molecule has 1 aliphatic rings. The molecular weight excluding hydrogens is 566 g/mol. The van der Waals surface area contributed by atoms with Crippen molar-refractivity contribution in [2.45, 2.75) is 39.5 Å². The van der Waals surface area contributed by atoms with E-state index in [0.29, 0.717) is 41.4 Å². The van der Waals surface area contributed by atoms with Crippen LogP contribution < -0.4 is 5.56 Å². The van der Waals surface area contributed by atoms with Gasteiger partial charge in [0.25, 0.3) is 11.4 Å². The third kappa shape index (κ3) is 5.18. The van der Waals surface area contributed by atoms with Crippen molar-refractivity contribution in [1.29, 1.82) is 0 Å². The number of aromatic nitrogens is 4. The van der Waals surface area contributed by atoms with Gasteiger partial charge in [-0.15, -0.1) is 0 Å². The van der Waals surface area contributed by atoms with Crippen LogP contribution in [0.5, 0.6) is 0 Å². The third-order valence-corrected chi connectivity index (χ3v) is 9.13. The molecule has 12 heteroatoms. The number of aryl methyl sites for hydroxylation is 3. The smallest absolute Gasteiger partial charge is 0.257 e. The molecule has 1 fully saturated rings. The highest BCUT2D eigenvalue weighted by atomic mass is 32.2. The summed E-state index contributed by atoms with van der Waals surface area (Å²) in [6.07, 6.45) is 2.24. The zero-order chi connectivity index (χ0) is 29.8. The molecule has 0 unspecified atom stereocenters. The highest BCUT2D eigenvalue weighted by Gasteiger charge is 2.30. The maximum atomic E-state index is 15.0. The van der Waals surface area contributed by atoms with Gasteiger partial charge in [0.2, 0.25) is 0 Å². The van der Waals surface area contributed by atoms with Gasteiger partial charge in [0.1, 0.15) is 27.2 Å². The number of hydrogen-bond donors (Lipinski definition) is 0. The van der Waals surface area contributed by atoms with E-state index in [9.17, 15) is 22.0 Å². The van der Waals surface area contributed by atoms with Gasteiger partial charge in [-0.3, -0.25) is 9.36 Å². The van der Waals surface area contributed by atoms with Gasteiger partial charge >= 0.3 is 0 Å². The number of benzene rings is 2. The van der Waals surface area contributed by atoms with E-state index in [1.165, 1.54) is 16.7 Å². The van der Waals surface area contributed by atoms with Gasteiger partial charge in [0.15, 0.2) is 17.5 Å². The SMILES string of the molecule is Cc1noc(-c2cc(C)c(-n3cc(-c4nc(C5CCS(=O)(=O)CC5)oc4-c4ccc(F)cc4F)ccc3=O)c(C)c2)n1. The lowest BCUT2D eigenvalue weighted by atomic mass is 10.0. The van der Waals surface area contributed by atoms with Crippen LogP contribution in [0.4, 0.5) is 8.78 Å². The quantitative estimate of drug-likeness (QED) is 0.255. The van der Waals surface area contributed by atoms with Crippen LogP contribution in [-0.2, 0) is 9.84 Å². The molecular formula is C30H26F2N4O5S. The van der Waals surface area contributed by atoms with Gasteiger partial charge in [-0.2, -0.15) is 4.98 Å². The zero-order valence-electron chi connectivity index (χ0n) is 23.0. The van der Waals surface area contributed by atoms with Gasteiger partial charge in [-0.25, -0.2) is 22.2 Å². The number of rotatable bonds is 5. The monoisotopic (exact) mass is 592 g/mol. The van der Waals surface area contributed by atoms with Crippen molar-refractivity contribution in [2.75, 3.05) is 11.5 Å². The van der Waals surface area contributed by atoms with Gasteiger partial charge in [0, 0.05) is 35.4 Å². The molecule has 0 radical (unpaired) electrons. The minimum Gasteiger partial charge on any atom is -0.440 e. The first-order chi connectivity index (χ1) is 20.0. The van der Waals surface area contributed by atoms with Crippen molar-refractivity contribution in [2.24, 2.45) is 0 Å². The molecule has 3 aromatic heterocycles. The van der Waals surface area contributed by atoms with Gasteiger partial charge in [-0.1, -0.05) is 5.16 Å². The molecule has 1 aliphatic heterocycles. The average molecular weight is 593 g/mol. The fourth-order valence-corrected chi connectivity index (χ4v) is 6.87. The number of oxazole rings is 1. The summed E-state index contributed by atoms with van der Waals surface area (Å²) in [7, 11) is -3.13. The van der Waals surface area contributed by atoms with Crippen LogP contribution in [0, 0.1) is 32.4 Å². The summed E-state index contributed by atoms with van der Waals surface area (Å²) in [5.74, 6) is -0.672. The zero-order valence-corrected chi connectivity index (χ0v) is 23.8. The number of nitrogens with zero attached hydrogens (tertiary/aromatic N) is 4. The molecule has 0 amide bonds. The highest BCUT2D eigenvalue weighted by molar-refractivity contribution is 7.91. The van der Waals surface area contributed by atoms with Crippen molar-refractivity contribution in [3.05, 3.63) is 93.5 Å².